The molecule has 7 heteroatoms. The van der Waals surface area contributed by atoms with E-state index in [1.54, 1.807) is 36.7 Å². The molecule has 25 heavy (non-hydrogen) atoms. The van der Waals surface area contributed by atoms with Crippen molar-refractivity contribution >= 4 is 57.0 Å². The van der Waals surface area contributed by atoms with Gasteiger partial charge < -0.3 is 5.11 Å². The lowest BCUT2D eigenvalue weighted by Crippen LogP contribution is -2.27. The largest absolute Gasteiger partial charge is 0.508 e. The van der Waals surface area contributed by atoms with Gasteiger partial charge in [-0.15, -0.1) is 0 Å². The van der Waals surface area contributed by atoms with E-state index in [-0.39, 0.29) is 11.7 Å². The lowest BCUT2D eigenvalue weighted by atomic mass is 10.1. The van der Waals surface area contributed by atoms with E-state index in [4.69, 9.17) is 12.2 Å². The van der Waals surface area contributed by atoms with E-state index >= 15 is 0 Å². The van der Waals surface area contributed by atoms with Crippen LogP contribution in [0.2, 0.25) is 0 Å². The molecule has 1 amide bonds. The number of para-hydroxylation sites is 1. The van der Waals surface area contributed by atoms with Gasteiger partial charge in [0, 0.05) is 24.0 Å². The second-order valence-corrected chi connectivity index (χ2v) is 6.98. The third-order valence-corrected chi connectivity index (χ3v) is 5.00. The molecule has 1 aromatic heterocycles. The number of hydrogen-bond acceptors (Lipinski definition) is 6. The number of anilines is 1. The first-order valence-corrected chi connectivity index (χ1v) is 8.63. The van der Waals surface area contributed by atoms with Gasteiger partial charge in [-0.3, -0.25) is 19.7 Å². The van der Waals surface area contributed by atoms with Gasteiger partial charge in [0.25, 0.3) is 5.91 Å². The van der Waals surface area contributed by atoms with Crippen LogP contribution in [0.3, 0.4) is 0 Å². The number of carbonyl (C=O) groups is 1. The summed E-state index contributed by atoms with van der Waals surface area (Å²) in [6.45, 7) is 0. The number of phenols is 1. The third kappa shape index (κ3) is 2.88. The Kier molecular flexibility index (Phi) is 3.95. The number of aromatic hydroxyl groups is 1. The van der Waals surface area contributed by atoms with E-state index in [1.165, 1.54) is 22.7 Å². The summed E-state index contributed by atoms with van der Waals surface area (Å²) in [5, 5.41) is 9.65. The minimum absolute atomic E-state index is 0.0832. The number of carbonyl (C=O) groups excluding carboxylic acids is 1. The Bertz CT molecular complexity index is 1040. The zero-order valence-electron chi connectivity index (χ0n) is 12.8. The highest BCUT2D eigenvalue weighted by molar-refractivity contribution is 8.27. The molecule has 4 rings (SSSR count). The summed E-state index contributed by atoms with van der Waals surface area (Å²) < 4.78 is 0.424. The minimum atomic E-state index is -0.221. The summed E-state index contributed by atoms with van der Waals surface area (Å²) in [5.74, 6) is -0.138. The van der Waals surface area contributed by atoms with Crippen molar-refractivity contribution in [1.82, 2.24) is 9.97 Å². The highest BCUT2D eigenvalue weighted by Crippen LogP contribution is 2.37. The fourth-order valence-corrected chi connectivity index (χ4v) is 3.89. The molecule has 0 radical (unpaired) electrons. The summed E-state index contributed by atoms with van der Waals surface area (Å²) >= 11 is 6.57. The van der Waals surface area contributed by atoms with Crippen LogP contribution in [0.5, 0.6) is 5.75 Å². The zero-order chi connectivity index (χ0) is 17.4. The number of rotatable bonds is 2. The predicted octanol–water partition coefficient (Wildman–Crippen LogP) is 3.74. The number of aromatic nitrogens is 2. The number of hydrogen-bond donors (Lipinski definition) is 1. The summed E-state index contributed by atoms with van der Waals surface area (Å²) in [4.78, 5) is 23.3. The maximum absolute atomic E-state index is 12.8. The highest BCUT2D eigenvalue weighted by atomic mass is 32.2. The van der Waals surface area contributed by atoms with Gasteiger partial charge in [0.05, 0.1) is 21.6 Å². The number of amides is 1. The van der Waals surface area contributed by atoms with Crippen molar-refractivity contribution in [2.45, 2.75) is 0 Å². The lowest BCUT2D eigenvalue weighted by Gasteiger charge is -2.14. The monoisotopic (exact) mass is 365 g/mol. The fourth-order valence-electron chi connectivity index (χ4n) is 2.60. The summed E-state index contributed by atoms with van der Waals surface area (Å²) in [5.41, 5.74) is 2.85. The van der Waals surface area contributed by atoms with E-state index in [0.29, 0.717) is 14.9 Å². The molecule has 1 fully saturated rings. The maximum atomic E-state index is 12.8. The number of nitrogens with zero attached hydrogens (tertiary/aromatic N) is 3. The molecule has 0 bridgehead atoms. The van der Waals surface area contributed by atoms with Crippen molar-refractivity contribution in [1.29, 1.82) is 0 Å². The Morgan fingerprint density at radius 1 is 1.12 bits per heavy atom. The normalized spacial score (nSPS) is 16.2. The van der Waals surface area contributed by atoms with Crippen molar-refractivity contribution in [3.63, 3.8) is 0 Å². The Morgan fingerprint density at radius 3 is 2.76 bits per heavy atom. The Balaban J connectivity index is 1.75. The van der Waals surface area contributed by atoms with Crippen LogP contribution in [0.25, 0.3) is 17.1 Å². The molecule has 122 valence electrons. The molecule has 0 unspecified atom stereocenters. The highest BCUT2D eigenvalue weighted by Gasteiger charge is 2.33. The molecule has 2 aromatic carbocycles. The second kappa shape index (κ2) is 6.27. The van der Waals surface area contributed by atoms with Crippen molar-refractivity contribution in [3.05, 3.63) is 65.3 Å². The molecule has 0 aliphatic carbocycles. The van der Waals surface area contributed by atoms with E-state index in [0.717, 1.165) is 16.6 Å². The van der Waals surface area contributed by atoms with Crippen LogP contribution in [-0.2, 0) is 4.79 Å². The van der Waals surface area contributed by atoms with Gasteiger partial charge in [-0.05, 0) is 24.3 Å². The molecular weight excluding hydrogens is 354 g/mol. The van der Waals surface area contributed by atoms with Crippen LogP contribution in [0.1, 0.15) is 5.56 Å². The summed E-state index contributed by atoms with van der Waals surface area (Å²) in [6, 6.07) is 12.1. The van der Waals surface area contributed by atoms with Crippen LogP contribution < -0.4 is 4.90 Å². The molecule has 0 spiro atoms. The average molecular weight is 365 g/mol. The quantitative estimate of drug-likeness (QED) is 0.551. The fraction of sp³-hybridized carbons (Fsp3) is 0. The lowest BCUT2D eigenvalue weighted by molar-refractivity contribution is -0.113. The first-order chi connectivity index (χ1) is 12.1. The molecule has 0 atom stereocenters. The molecule has 2 heterocycles. The standard InChI is InChI=1S/C18H11N3O2S2/c22-13-5-2-4-12(10-13)21-17(23)15(25-18(21)24)9-11-3-1-6-14-16(11)20-8-7-19-14/h1-10,22H. The predicted molar refractivity (Wildman–Crippen MR) is 103 cm³/mol. The minimum Gasteiger partial charge on any atom is -0.508 e. The molecular formula is C18H11N3O2S2. The van der Waals surface area contributed by atoms with Gasteiger partial charge >= 0.3 is 0 Å². The van der Waals surface area contributed by atoms with Gasteiger partial charge in [0.1, 0.15) is 5.75 Å². The SMILES string of the molecule is O=C1C(=Cc2cccc3nccnc23)SC(=S)N1c1cccc(O)c1. The molecule has 5 nitrogen and oxygen atoms in total. The van der Waals surface area contributed by atoms with Crippen molar-refractivity contribution in [3.8, 4) is 5.75 Å². The Hall–Kier alpha value is -2.77. The van der Waals surface area contributed by atoms with E-state index < -0.39 is 0 Å². The summed E-state index contributed by atoms with van der Waals surface area (Å²) in [6.07, 6.45) is 5.03. The van der Waals surface area contributed by atoms with Gasteiger partial charge in [0.15, 0.2) is 4.32 Å². The van der Waals surface area contributed by atoms with Gasteiger partial charge in [-0.2, -0.15) is 0 Å². The smallest absolute Gasteiger partial charge is 0.270 e. The molecule has 1 aliphatic rings. The Labute approximate surface area is 153 Å². The zero-order valence-corrected chi connectivity index (χ0v) is 14.4. The summed E-state index contributed by atoms with van der Waals surface area (Å²) in [7, 11) is 0. The first-order valence-electron chi connectivity index (χ1n) is 7.40. The molecule has 1 N–H and O–H groups in total. The van der Waals surface area contributed by atoms with E-state index in [2.05, 4.69) is 9.97 Å². The first kappa shape index (κ1) is 15.7. The van der Waals surface area contributed by atoms with Crippen LogP contribution in [0, 0.1) is 0 Å². The molecule has 3 aromatic rings. The van der Waals surface area contributed by atoms with Gasteiger partial charge in [-0.1, -0.05) is 42.2 Å². The second-order valence-electron chi connectivity index (χ2n) is 5.31. The Morgan fingerprint density at radius 2 is 1.92 bits per heavy atom. The number of fused-ring (bicyclic) bond motifs is 1. The van der Waals surface area contributed by atoms with Crippen LogP contribution >= 0.6 is 24.0 Å². The van der Waals surface area contributed by atoms with E-state index in [1.807, 2.05) is 18.2 Å². The van der Waals surface area contributed by atoms with Crippen molar-refractivity contribution in [2.24, 2.45) is 0 Å². The van der Waals surface area contributed by atoms with Crippen LogP contribution in [0.4, 0.5) is 5.69 Å². The third-order valence-electron chi connectivity index (χ3n) is 3.70. The number of phenolic OH excluding ortho intramolecular Hbond substituents is 1. The topological polar surface area (TPSA) is 66.3 Å². The van der Waals surface area contributed by atoms with Gasteiger partial charge in [-0.25, -0.2) is 0 Å². The van der Waals surface area contributed by atoms with Crippen LogP contribution in [-0.4, -0.2) is 25.3 Å². The number of thiocarbonyl (C=S) groups is 1. The number of thioether (sulfide) groups is 1. The number of benzene rings is 2. The average Bonchev–Trinajstić information content (AvgIpc) is 2.89. The van der Waals surface area contributed by atoms with Crippen LogP contribution in [0.15, 0.2) is 59.8 Å². The molecule has 1 saturated heterocycles. The maximum Gasteiger partial charge on any atom is 0.270 e. The van der Waals surface area contributed by atoms with Gasteiger partial charge in [0.2, 0.25) is 0 Å². The molecule has 1 aliphatic heterocycles. The van der Waals surface area contributed by atoms with Crippen molar-refractivity contribution < 1.29 is 9.90 Å². The van der Waals surface area contributed by atoms with E-state index in [9.17, 15) is 9.90 Å². The van der Waals surface area contributed by atoms with Crippen molar-refractivity contribution in [2.75, 3.05) is 4.90 Å². The molecule has 0 saturated carbocycles.